The number of hydrogen-bond donors (Lipinski definition) is 2. The minimum Gasteiger partial charge on any atom is -0.396 e. The van der Waals surface area contributed by atoms with Gasteiger partial charge in [-0.25, -0.2) is 0 Å². The number of aliphatic hydroxyl groups is 1. The molecule has 112 valence electrons. The summed E-state index contributed by atoms with van der Waals surface area (Å²) in [5.74, 6) is 0. The number of halogens is 1. The molecule has 0 amide bonds. The van der Waals surface area contributed by atoms with E-state index in [2.05, 4.69) is 58.2 Å². The molecule has 3 nitrogen and oxygen atoms in total. The quantitative estimate of drug-likeness (QED) is 0.762. The van der Waals surface area contributed by atoms with E-state index in [0.717, 1.165) is 30.0 Å². The Labute approximate surface area is 130 Å². The van der Waals surface area contributed by atoms with Crippen molar-refractivity contribution in [3.63, 3.8) is 0 Å². The van der Waals surface area contributed by atoms with Crippen molar-refractivity contribution in [2.75, 3.05) is 18.1 Å². The minimum atomic E-state index is 0.240. The van der Waals surface area contributed by atoms with E-state index in [0.29, 0.717) is 6.04 Å². The predicted molar refractivity (Wildman–Crippen MR) is 88.2 cm³/mol. The smallest absolute Gasteiger partial charge is 0.0513 e. The SMILES string of the molecule is CC(C)N(CCCO)c1ccc(CNC2CC2)cc1Br. The van der Waals surface area contributed by atoms with Crippen LogP contribution in [-0.2, 0) is 6.54 Å². The molecular weight excluding hydrogens is 316 g/mol. The predicted octanol–water partition coefficient (Wildman–Crippen LogP) is 3.30. The van der Waals surface area contributed by atoms with E-state index in [1.807, 2.05) is 0 Å². The first-order valence-electron chi connectivity index (χ1n) is 7.51. The summed E-state index contributed by atoms with van der Waals surface area (Å²) in [7, 11) is 0. The number of aliphatic hydroxyl groups excluding tert-OH is 1. The summed E-state index contributed by atoms with van der Waals surface area (Å²) in [6, 6.07) is 7.76. The highest BCUT2D eigenvalue weighted by Gasteiger charge is 2.20. The van der Waals surface area contributed by atoms with Gasteiger partial charge >= 0.3 is 0 Å². The average molecular weight is 341 g/mol. The first-order valence-corrected chi connectivity index (χ1v) is 8.30. The highest BCUT2D eigenvalue weighted by molar-refractivity contribution is 9.10. The van der Waals surface area contributed by atoms with E-state index >= 15 is 0 Å². The van der Waals surface area contributed by atoms with Crippen molar-refractivity contribution >= 4 is 21.6 Å². The van der Waals surface area contributed by atoms with E-state index in [1.54, 1.807) is 0 Å². The second kappa shape index (κ2) is 7.43. The molecule has 0 saturated heterocycles. The van der Waals surface area contributed by atoms with Crippen LogP contribution in [0.5, 0.6) is 0 Å². The molecule has 4 heteroatoms. The second-order valence-corrected chi connectivity index (χ2v) is 6.66. The zero-order valence-electron chi connectivity index (χ0n) is 12.4. The molecule has 0 spiro atoms. The Morgan fingerprint density at radius 3 is 2.70 bits per heavy atom. The minimum absolute atomic E-state index is 0.240. The number of nitrogens with zero attached hydrogens (tertiary/aromatic N) is 1. The van der Waals surface area contributed by atoms with Crippen LogP contribution in [0.1, 0.15) is 38.7 Å². The van der Waals surface area contributed by atoms with Gasteiger partial charge in [-0.2, -0.15) is 0 Å². The molecule has 0 bridgehead atoms. The van der Waals surface area contributed by atoms with Crippen LogP contribution in [0.3, 0.4) is 0 Å². The van der Waals surface area contributed by atoms with E-state index < -0.39 is 0 Å². The molecule has 0 aliphatic heterocycles. The maximum atomic E-state index is 9.04. The highest BCUT2D eigenvalue weighted by Crippen LogP contribution is 2.29. The molecule has 2 N–H and O–H groups in total. The van der Waals surface area contributed by atoms with Gasteiger partial charge in [0.1, 0.15) is 0 Å². The van der Waals surface area contributed by atoms with Crippen molar-refractivity contribution in [1.82, 2.24) is 5.32 Å². The van der Waals surface area contributed by atoms with Gasteiger partial charge in [-0.3, -0.25) is 0 Å². The van der Waals surface area contributed by atoms with Gasteiger partial charge in [0, 0.05) is 36.3 Å². The number of hydrogen-bond acceptors (Lipinski definition) is 3. The second-order valence-electron chi connectivity index (χ2n) is 5.81. The van der Waals surface area contributed by atoms with Crippen molar-refractivity contribution in [2.45, 2.75) is 51.7 Å². The Morgan fingerprint density at radius 1 is 1.40 bits per heavy atom. The van der Waals surface area contributed by atoms with Crippen LogP contribution < -0.4 is 10.2 Å². The number of benzene rings is 1. The molecule has 0 atom stereocenters. The van der Waals surface area contributed by atoms with Crippen molar-refractivity contribution in [3.05, 3.63) is 28.2 Å². The van der Waals surface area contributed by atoms with Crippen molar-refractivity contribution in [1.29, 1.82) is 0 Å². The first-order chi connectivity index (χ1) is 9.61. The Morgan fingerprint density at radius 2 is 2.15 bits per heavy atom. The standard InChI is InChI=1S/C16H25BrN2O/c1-12(2)19(8-3-9-20)16-7-4-13(10-15(16)17)11-18-14-5-6-14/h4,7,10,12,14,18,20H,3,5-6,8-9,11H2,1-2H3. The monoisotopic (exact) mass is 340 g/mol. The molecule has 2 rings (SSSR count). The van der Waals surface area contributed by atoms with Gasteiger partial charge in [0.25, 0.3) is 0 Å². The Bertz CT molecular complexity index is 432. The lowest BCUT2D eigenvalue weighted by molar-refractivity contribution is 0.288. The van der Waals surface area contributed by atoms with Gasteiger partial charge in [0.2, 0.25) is 0 Å². The molecule has 1 saturated carbocycles. The lowest BCUT2D eigenvalue weighted by Gasteiger charge is -2.30. The average Bonchev–Trinajstić information content (AvgIpc) is 3.22. The van der Waals surface area contributed by atoms with Gasteiger partial charge < -0.3 is 15.3 Å². The van der Waals surface area contributed by atoms with E-state index in [1.165, 1.54) is 24.1 Å². The van der Waals surface area contributed by atoms with Crippen LogP contribution in [0.4, 0.5) is 5.69 Å². The summed E-state index contributed by atoms with van der Waals surface area (Å²) < 4.78 is 1.14. The van der Waals surface area contributed by atoms with Gasteiger partial charge in [-0.05, 0) is 66.7 Å². The maximum absolute atomic E-state index is 9.04. The highest BCUT2D eigenvalue weighted by atomic mass is 79.9. The topological polar surface area (TPSA) is 35.5 Å². The molecule has 0 radical (unpaired) electrons. The molecule has 0 heterocycles. The largest absolute Gasteiger partial charge is 0.396 e. The van der Waals surface area contributed by atoms with Gasteiger partial charge in [0.05, 0.1) is 5.69 Å². The molecule has 0 unspecified atom stereocenters. The van der Waals surface area contributed by atoms with Crippen LogP contribution in [0.15, 0.2) is 22.7 Å². The molecule has 1 aliphatic rings. The molecule has 20 heavy (non-hydrogen) atoms. The number of nitrogens with one attached hydrogen (secondary N) is 1. The Kier molecular flexibility index (Phi) is 5.87. The third kappa shape index (κ3) is 4.47. The van der Waals surface area contributed by atoms with E-state index in [-0.39, 0.29) is 6.61 Å². The summed E-state index contributed by atoms with van der Waals surface area (Å²) in [6.07, 6.45) is 3.44. The van der Waals surface area contributed by atoms with Gasteiger partial charge in [-0.15, -0.1) is 0 Å². The lowest BCUT2D eigenvalue weighted by atomic mass is 10.1. The summed E-state index contributed by atoms with van der Waals surface area (Å²) >= 11 is 3.70. The number of rotatable bonds is 8. The van der Waals surface area contributed by atoms with Crippen LogP contribution in [0.2, 0.25) is 0 Å². The zero-order chi connectivity index (χ0) is 14.5. The summed E-state index contributed by atoms with van der Waals surface area (Å²) in [5, 5.41) is 12.6. The van der Waals surface area contributed by atoms with Crippen molar-refractivity contribution in [3.8, 4) is 0 Å². The molecule has 0 aromatic heterocycles. The maximum Gasteiger partial charge on any atom is 0.0513 e. The van der Waals surface area contributed by atoms with E-state index in [4.69, 9.17) is 5.11 Å². The van der Waals surface area contributed by atoms with Gasteiger partial charge in [-0.1, -0.05) is 6.07 Å². The molecule has 1 aliphatic carbocycles. The Hall–Kier alpha value is -0.580. The Balaban J connectivity index is 2.04. The van der Waals surface area contributed by atoms with Crippen molar-refractivity contribution in [2.24, 2.45) is 0 Å². The normalized spacial score (nSPS) is 14.8. The fraction of sp³-hybridized carbons (Fsp3) is 0.625. The van der Waals surface area contributed by atoms with E-state index in [9.17, 15) is 0 Å². The third-order valence-electron chi connectivity index (χ3n) is 3.67. The summed E-state index contributed by atoms with van der Waals surface area (Å²) in [5.41, 5.74) is 2.53. The zero-order valence-corrected chi connectivity index (χ0v) is 14.0. The lowest BCUT2D eigenvalue weighted by Crippen LogP contribution is -2.32. The molecular formula is C16H25BrN2O. The van der Waals surface area contributed by atoms with Crippen LogP contribution in [-0.4, -0.2) is 30.3 Å². The van der Waals surface area contributed by atoms with Gasteiger partial charge in [0.15, 0.2) is 0 Å². The fourth-order valence-electron chi connectivity index (χ4n) is 2.34. The summed E-state index contributed by atoms with van der Waals surface area (Å²) in [6.45, 7) is 6.44. The fourth-order valence-corrected chi connectivity index (χ4v) is 2.99. The number of anilines is 1. The molecule has 1 aromatic carbocycles. The summed E-state index contributed by atoms with van der Waals surface area (Å²) in [4.78, 5) is 2.33. The van der Waals surface area contributed by atoms with Crippen LogP contribution in [0, 0.1) is 0 Å². The van der Waals surface area contributed by atoms with Crippen LogP contribution in [0.25, 0.3) is 0 Å². The van der Waals surface area contributed by atoms with Crippen LogP contribution >= 0.6 is 15.9 Å². The van der Waals surface area contributed by atoms with Crippen molar-refractivity contribution < 1.29 is 5.11 Å². The first kappa shape index (κ1) is 15.8. The molecule has 1 aromatic rings. The third-order valence-corrected chi connectivity index (χ3v) is 4.31. The molecule has 1 fully saturated rings.